The summed E-state index contributed by atoms with van der Waals surface area (Å²) in [5.41, 5.74) is 7.25. The van der Waals surface area contributed by atoms with Crippen molar-refractivity contribution in [2.75, 3.05) is 24.5 Å². The molecular weight excluding hydrogens is 319 g/mol. The van der Waals surface area contributed by atoms with Gasteiger partial charge in [-0.05, 0) is 37.0 Å². The highest BCUT2D eigenvalue weighted by atomic mass is 19.1. The van der Waals surface area contributed by atoms with Crippen LogP contribution in [0.3, 0.4) is 0 Å². The van der Waals surface area contributed by atoms with Crippen molar-refractivity contribution in [1.82, 2.24) is 5.32 Å². The van der Waals surface area contributed by atoms with Crippen LogP contribution in [0.1, 0.15) is 51.0 Å². The van der Waals surface area contributed by atoms with Gasteiger partial charge in [0, 0.05) is 19.6 Å². The quantitative estimate of drug-likeness (QED) is 0.383. The van der Waals surface area contributed by atoms with E-state index in [1.165, 1.54) is 25.3 Å². The molecule has 1 fully saturated rings. The fourth-order valence-electron chi connectivity index (χ4n) is 3.01. The van der Waals surface area contributed by atoms with Crippen molar-refractivity contribution in [1.29, 1.82) is 0 Å². The maximum atomic E-state index is 14.4. The first-order chi connectivity index (χ1) is 12.1. The van der Waals surface area contributed by atoms with Crippen molar-refractivity contribution >= 4 is 11.6 Å². The summed E-state index contributed by atoms with van der Waals surface area (Å²) >= 11 is 0. The highest BCUT2D eigenvalue weighted by Crippen LogP contribution is 2.24. The Morgan fingerprint density at radius 1 is 1.32 bits per heavy atom. The number of hydrogen-bond acceptors (Lipinski definition) is 3. The van der Waals surface area contributed by atoms with Crippen molar-refractivity contribution in [3.63, 3.8) is 0 Å². The highest BCUT2D eigenvalue weighted by Gasteiger charge is 2.19. The Hall–Kier alpha value is -1.82. The van der Waals surface area contributed by atoms with E-state index in [1.807, 2.05) is 11.0 Å². The van der Waals surface area contributed by atoms with Crippen molar-refractivity contribution in [3.8, 4) is 0 Å². The number of piperidine rings is 1. The van der Waals surface area contributed by atoms with Crippen LogP contribution >= 0.6 is 0 Å². The molecule has 140 valence electrons. The molecule has 0 amide bonds. The summed E-state index contributed by atoms with van der Waals surface area (Å²) in [6.07, 6.45) is 5.83. The van der Waals surface area contributed by atoms with Gasteiger partial charge in [-0.15, -0.1) is 0 Å². The smallest absolute Gasteiger partial charge is 0.188 e. The van der Waals surface area contributed by atoms with Gasteiger partial charge >= 0.3 is 0 Å². The van der Waals surface area contributed by atoms with Crippen molar-refractivity contribution in [2.24, 2.45) is 10.7 Å². The molecule has 1 aromatic carbocycles. The third kappa shape index (κ3) is 6.53. The molecule has 25 heavy (non-hydrogen) atoms. The molecule has 4 N–H and O–H groups in total. The van der Waals surface area contributed by atoms with Crippen LogP contribution in [0.4, 0.5) is 10.1 Å². The van der Waals surface area contributed by atoms with Crippen LogP contribution in [0.25, 0.3) is 0 Å². The molecule has 0 spiro atoms. The monoisotopic (exact) mass is 350 g/mol. The highest BCUT2D eigenvalue weighted by molar-refractivity contribution is 5.77. The minimum Gasteiger partial charge on any atom is -0.393 e. The Balaban J connectivity index is 1.82. The second-order valence-corrected chi connectivity index (χ2v) is 6.69. The van der Waals surface area contributed by atoms with Gasteiger partial charge < -0.3 is 21.1 Å². The molecule has 2 rings (SSSR count). The number of anilines is 1. The number of guanidine groups is 1. The molecule has 1 saturated heterocycles. The summed E-state index contributed by atoms with van der Waals surface area (Å²) < 4.78 is 14.4. The fourth-order valence-corrected chi connectivity index (χ4v) is 3.01. The maximum absolute atomic E-state index is 14.4. The van der Waals surface area contributed by atoms with Gasteiger partial charge in [0.15, 0.2) is 5.96 Å². The number of nitrogens with one attached hydrogen (secondary N) is 1. The molecule has 0 aromatic heterocycles. The number of benzene rings is 1. The zero-order valence-electron chi connectivity index (χ0n) is 15.2. The minimum atomic E-state index is -0.259. The van der Waals surface area contributed by atoms with E-state index in [2.05, 4.69) is 17.2 Å². The molecule has 0 radical (unpaired) electrons. The topological polar surface area (TPSA) is 73.9 Å². The van der Waals surface area contributed by atoms with Gasteiger partial charge in [0.2, 0.25) is 0 Å². The molecule has 0 unspecified atom stereocenters. The normalized spacial score (nSPS) is 16.3. The number of aliphatic imine (C=N–C) groups is 1. The minimum absolute atomic E-state index is 0.241. The van der Waals surface area contributed by atoms with Crippen LogP contribution in [0.15, 0.2) is 23.2 Å². The first-order valence-corrected chi connectivity index (χ1v) is 9.35. The number of halogens is 1. The van der Waals surface area contributed by atoms with Crippen LogP contribution < -0.4 is 16.0 Å². The number of nitrogens with zero attached hydrogens (tertiary/aromatic N) is 2. The molecule has 0 saturated carbocycles. The Bertz CT molecular complexity index is 556. The van der Waals surface area contributed by atoms with Gasteiger partial charge in [-0.3, -0.25) is 0 Å². The maximum Gasteiger partial charge on any atom is 0.188 e. The van der Waals surface area contributed by atoms with Crippen molar-refractivity contribution < 1.29 is 9.50 Å². The number of unbranched alkanes of at least 4 members (excludes halogenated alkanes) is 3. The zero-order chi connectivity index (χ0) is 18.1. The third-order valence-corrected chi connectivity index (χ3v) is 4.59. The standard InChI is InChI=1S/C19H31FN4O/c1-2-3-4-5-10-22-19(21)23-14-15-6-7-18(17(20)13-15)24-11-8-16(25)9-12-24/h6-7,13,16,25H,2-5,8-12,14H2,1H3,(H3,21,22,23). The predicted molar refractivity (Wildman–Crippen MR) is 101 cm³/mol. The van der Waals surface area contributed by atoms with E-state index in [-0.39, 0.29) is 11.9 Å². The summed E-state index contributed by atoms with van der Waals surface area (Å²) in [6.45, 7) is 4.74. The first kappa shape index (κ1) is 19.5. The molecule has 1 aliphatic rings. The summed E-state index contributed by atoms with van der Waals surface area (Å²) in [6, 6.07) is 5.21. The van der Waals surface area contributed by atoms with E-state index in [4.69, 9.17) is 5.73 Å². The largest absolute Gasteiger partial charge is 0.393 e. The Labute approximate surface area is 150 Å². The second kappa shape index (κ2) is 10.2. The second-order valence-electron chi connectivity index (χ2n) is 6.69. The summed E-state index contributed by atoms with van der Waals surface area (Å²) in [4.78, 5) is 6.26. The van der Waals surface area contributed by atoms with Crippen LogP contribution in [-0.2, 0) is 6.54 Å². The van der Waals surface area contributed by atoms with Crippen LogP contribution in [0, 0.1) is 5.82 Å². The predicted octanol–water partition coefficient (Wildman–Crippen LogP) is 2.77. The Morgan fingerprint density at radius 3 is 2.76 bits per heavy atom. The zero-order valence-corrected chi connectivity index (χ0v) is 15.2. The average Bonchev–Trinajstić information content (AvgIpc) is 2.61. The van der Waals surface area contributed by atoms with E-state index in [1.54, 1.807) is 6.07 Å². The molecular formula is C19H31FN4O. The van der Waals surface area contributed by atoms with Gasteiger partial charge in [0.25, 0.3) is 0 Å². The molecule has 1 aliphatic heterocycles. The molecule has 1 heterocycles. The molecule has 1 aromatic rings. The van der Waals surface area contributed by atoms with E-state index in [0.717, 1.165) is 18.5 Å². The lowest BCUT2D eigenvalue weighted by Crippen LogP contribution is -2.36. The van der Waals surface area contributed by atoms with Crippen molar-refractivity contribution in [3.05, 3.63) is 29.6 Å². The fraction of sp³-hybridized carbons (Fsp3) is 0.632. The lowest BCUT2D eigenvalue weighted by molar-refractivity contribution is 0.145. The van der Waals surface area contributed by atoms with Crippen LogP contribution in [0.2, 0.25) is 0 Å². The van der Waals surface area contributed by atoms with Gasteiger partial charge in [-0.1, -0.05) is 32.3 Å². The number of hydrogen-bond donors (Lipinski definition) is 3. The molecule has 5 nitrogen and oxygen atoms in total. The van der Waals surface area contributed by atoms with Gasteiger partial charge in [0.1, 0.15) is 5.82 Å². The summed E-state index contributed by atoms with van der Waals surface area (Å²) in [5, 5.41) is 12.7. The molecule has 6 heteroatoms. The number of aliphatic hydroxyl groups is 1. The lowest BCUT2D eigenvalue weighted by Gasteiger charge is -2.31. The molecule has 0 aliphatic carbocycles. The van der Waals surface area contributed by atoms with Gasteiger partial charge in [0.05, 0.1) is 18.3 Å². The Morgan fingerprint density at radius 2 is 2.08 bits per heavy atom. The van der Waals surface area contributed by atoms with E-state index in [9.17, 15) is 9.50 Å². The summed E-state index contributed by atoms with van der Waals surface area (Å²) in [7, 11) is 0. The summed E-state index contributed by atoms with van der Waals surface area (Å²) in [5.74, 6) is 0.168. The van der Waals surface area contributed by atoms with Crippen LogP contribution in [-0.4, -0.2) is 36.8 Å². The Kier molecular flexibility index (Phi) is 7.98. The molecule has 0 atom stereocenters. The molecule has 0 bridgehead atoms. The van der Waals surface area contributed by atoms with E-state index < -0.39 is 0 Å². The number of aliphatic hydroxyl groups excluding tert-OH is 1. The van der Waals surface area contributed by atoms with Gasteiger partial charge in [-0.25, -0.2) is 9.38 Å². The lowest BCUT2D eigenvalue weighted by atomic mass is 10.1. The third-order valence-electron chi connectivity index (χ3n) is 4.59. The van der Waals surface area contributed by atoms with Crippen LogP contribution in [0.5, 0.6) is 0 Å². The van der Waals surface area contributed by atoms with Gasteiger partial charge in [-0.2, -0.15) is 0 Å². The average molecular weight is 350 g/mol. The SMILES string of the molecule is CCCCCCNC(N)=NCc1ccc(N2CCC(O)CC2)c(F)c1. The number of nitrogens with two attached hydrogens (primary N) is 1. The van der Waals surface area contributed by atoms with E-state index >= 15 is 0 Å². The number of rotatable bonds is 8. The van der Waals surface area contributed by atoms with E-state index in [0.29, 0.717) is 44.1 Å². The van der Waals surface area contributed by atoms with Crippen molar-refractivity contribution in [2.45, 2.75) is 58.1 Å². The first-order valence-electron chi connectivity index (χ1n) is 9.35.